The molecule has 0 aromatic rings. The van der Waals surface area contributed by atoms with Gasteiger partial charge in [-0.3, -0.25) is 20.2 Å². The fourth-order valence-corrected chi connectivity index (χ4v) is 1.17. The molecule has 2 atom stereocenters. The van der Waals surface area contributed by atoms with Crippen LogP contribution in [-0.4, -0.2) is 21.4 Å². The quantitative estimate of drug-likeness (QED) is 0.469. The highest BCUT2D eigenvalue weighted by atomic mass is 16.6. The molecule has 0 radical (unpaired) electrons. The molecular weight excluding hydrogens is 176 g/mol. The third-order valence-corrected chi connectivity index (χ3v) is 2.06. The van der Waals surface area contributed by atoms with Gasteiger partial charge in [0.15, 0.2) is 0 Å². The number of rotatable bonds is 2. The van der Waals surface area contributed by atoms with E-state index in [9.17, 15) is 20.2 Å². The first-order chi connectivity index (χ1) is 5.98. The van der Waals surface area contributed by atoms with Crippen molar-refractivity contribution in [1.82, 2.24) is 0 Å². The Morgan fingerprint density at radius 1 is 1.31 bits per heavy atom. The van der Waals surface area contributed by atoms with Gasteiger partial charge < -0.3 is 0 Å². The van der Waals surface area contributed by atoms with Crippen molar-refractivity contribution in [1.29, 1.82) is 0 Å². The summed E-state index contributed by atoms with van der Waals surface area (Å²) >= 11 is 0. The summed E-state index contributed by atoms with van der Waals surface area (Å²) < 4.78 is 0. The average Bonchev–Trinajstić information content (AvgIpc) is 2.04. The van der Waals surface area contributed by atoms with Crippen LogP contribution in [0.3, 0.4) is 0 Å². The number of hydrogen-bond acceptors (Lipinski definition) is 4. The van der Waals surface area contributed by atoms with Gasteiger partial charge in [0.2, 0.25) is 0 Å². The van der Waals surface area contributed by atoms with Crippen LogP contribution < -0.4 is 0 Å². The molecule has 1 aliphatic rings. The Kier molecular flexibility index (Phi) is 2.14. The van der Waals surface area contributed by atoms with Crippen LogP contribution in [-0.2, 0) is 0 Å². The molecule has 0 aliphatic heterocycles. The molecule has 70 valence electrons. The second kappa shape index (κ2) is 2.96. The highest BCUT2D eigenvalue weighted by Gasteiger charge is 2.51. The van der Waals surface area contributed by atoms with E-state index in [1.807, 2.05) is 0 Å². The summed E-state index contributed by atoms with van der Waals surface area (Å²) in [7, 11) is 0. The minimum absolute atomic E-state index is 0.638. The van der Waals surface area contributed by atoms with Gasteiger partial charge in [-0.2, -0.15) is 0 Å². The van der Waals surface area contributed by atoms with Crippen molar-refractivity contribution in [2.24, 2.45) is 0 Å². The van der Waals surface area contributed by atoms with E-state index < -0.39 is 21.4 Å². The van der Waals surface area contributed by atoms with Crippen molar-refractivity contribution in [3.63, 3.8) is 0 Å². The summed E-state index contributed by atoms with van der Waals surface area (Å²) in [4.78, 5) is 19.8. The van der Waals surface area contributed by atoms with E-state index in [0.29, 0.717) is 0 Å². The zero-order valence-corrected chi connectivity index (χ0v) is 6.91. The third kappa shape index (κ3) is 1.42. The summed E-state index contributed by atoms with van der Waals surface area (Å²) in [6.07, 6.45) is 5.35. The molecule has 0 amide bonds. The van der Waals surface area contributed by atoms with E-state index in [1.54, 1.807) is 0 Å². The molecule has 0 aromatic heterocycles. The van der Waals surface area contributed by atoms with Crippen molar-refractivity contribution in [3.8, 4) is 0 Å². The molecule has 6 heteroatoms. The zero-order chi connectivity index (χ0) is 10.1. The van der Waals surface area contributed by atoms with Crippen LogP contribution in [0.15, 0.2) is 24.3 Å². The number of hydrogen-bond donors (Lipinski definition) is 0. The summed E-state index contributed by atoms with van der Waals surface area (Å²) in [6.45, 7) is 1.24. The molecule has 0 saturated heterocycles. The van der Waals surface area contributed by atoms with Gasteiger partial charge in [-0.1, -0.05) is 12.2 Å². The predicted octanol–water partition coefficient (Wildman–Crippen LogP) is 0.793. The van der Waals surface area contributed by atoms with Gasteiger partial charge in [0.1, 0.15) is 0 Å². The Labute approximate surface area is 73.8 Å². The second-order valence-corrected chi connectivity index (χ2v) is 2.96. The lowest BCUT2D eigenvalue weighted by Gasteiger charge is -2.20. The molecule has 0 heterocycles. The Bertz CT molecular complexity index is 310. The van der Waals surface area contributed by atoms with Crippen LogP contribution in [0.1, 0.15) is 6.92 Å². The predicted molar refractivity (Wildman–Crippen MR) is 44.5 cm³/mol. The molecule has 1 aliphatic carbocycles. The second-order valence-electron chi connectivity index (χ2n) is 2.96. The lowest BCUT2D eigenvalue weighted by molar-refractivity contribution is -0.630. The smallest absolute Gasteiger partial charge is 0.264 e. The topological polar surface area (TPSA) is 86.3 Å². The van der Waals surface area contributed by atoms with Gasteiger partial charge in [-0.15, -0.1) is 0 Å². The number of nitro groups is 2. The highest BCUT2D eigenvalue weighted by molar-refractivity contribution is 5.21. The van der Waals surface area contributed by atoms with Crippen LogP contribution >= 0.6 is 0 Å². The number of nitrogens with zero attached hydrogens (tertiary/aromatic N) is 2. The van der Waals surface area contributed by atoms with Gasteiger partial charge >= 0.3 is 11.6 Å². The maximum absolute atomic E-state index is 10.6. The minimum Gasteiger partial charge on any atom is -0.264 e. The van der Waals surface area contributed by atoms with E-state index in [2.05, 4.69) is 0 Å². The average molecular weight is 184 g/mol. The SMILES string of the molecule is CC1([N+](=O)[O-])C=CC=CC1[N+](=O)[O-]. The Balaban J connectivity index is 3.07. The standard InChI is InChI=1S/C7H8N2O4/c1-7(9(12)13)5-3-2-4-6(7)8(10)11/h2-6H,1H3. The zero-order valence-electron chi connectivity index (χ0n) is 6.91. The molecular formula is C7H8N2O4. The van der Waals surface area contributed by atoms with Crippen molar-refractivity contribution < 1.29 is 9.85 Å². The summed E-state index contributed by atoms with van der Waals surface area (Å²) in [5.41, 5.74) is -1.63. The Morgan fingerprint density at radius 2 is 1.92 bits per heavy atom. The van der Waals surface area contributed by atoms with Crippen molar-refractivity contribution in [2.45, 2.75) is 18.5 Å². The van der Waals surface area contributed by atoms with E-state index in [4.69, 9.17) is 0 Å². The molecule has 0 saturated carbocycles. The largest absolute Gasteiger partial charge is 0.307 e. The van der Waals surface area contributed by atoms with Crippen molar-refractivity contribution in [3.05, 3.63) is 44.5 Å². The highest BCUT2D eigenvalue weighted by Crippen LogP contribution is 2.23. The molecule has 0 bridgehead atoms. The van der Waals surface area contributed by atoms with Gasteiger partial charge in [0.05, 0.1) is 0 Å². The molecule has 0 aromatic carbocycles. The molecule has 13 heavy (non-hydrogen) atoms. The molecule has 0 spiro atoms. The van der Waals surface area contributed by atoms with Crippen LogP contribution in [0.5, 0.6) is 0 Å². The van der Waals surface area contributed by atoms with Gasteiger partial charge in [0.25, 0.3) is 0 Å². The first-order valence-corrected chi connectivity index (χ1v) is 3.62. The lowest BCUT2D eigenvalue weighted by atomic mass is 9.89. The molecule has 0 N–H and O–H groups in total. The lowest BCUT2D eigenvalue weighted by Crippen LogP contribution is -2.48. The fourth-order valence-electron chi connectivity index (χ4n) is 1.17. The normalized spacial score (nSPS) is 31.6. The minimum atomic E-state index is -1.63. The molecule has 6 nitrogen and oxygen atoms in total. The summed E-state index contributed by atoms with van der Waals surface area (Å²) in [5.74, 6) is 0. The third-order valence-electron chi connectivity index (χ3n) is 2.06. The van der Waals surface area contributed by atoms with E-state index >= 15 is 0 Å². The molecule has 1 rings (SSSR count). The first kappa shape index (κ1) is 9.37. The maximum Gasteiger partial charge on any atom is 0.307 e. The fraction of sp³-hybridized carbons (Fsp3) is 0.429. The van der Waals surface area contributed by atoms with Crippen molar-refractivity contribution >= 4 is 0 Å². The maximum atomic E-state index is 10.6. The van der Waals surface area contributed by atoms with Crippen LogP contribution in [0, 0.1) is 20.2 Å². The van der Waals surface area contributed by atoms with Crippen LogP contribution in [0.25, 0.3) is 0 Å². The summed E-state index contributed by atoms with van der Waals surface area (Å²) in [6, 6.07) is -1.28. The number of allylic oxidation sites excluding steroid dienone is 2. The molecule has 2 unspecified atom stereocenters. The summed E-state index contributed by atoms with van der Waals surface area (Å²) in [5, 5.41) is 21.1. The van der Waals surface area contributed by atoms with E-state index in [0.717, 1.165) is 0 Å². The Morgan fingerprint density at radius 3 is 2.31 bits per heavy atom. The molecule has 0 fully saturated rings. The van der Waals surface area contributed by atoms with Crippen LogP contribution in [0.2, 0.25) is 0 Å². The van der Waals surface area contributed by atoms with E-state index in [1.165, 1.54) is 31.2 Å². The van der Waals surface area contributed by atoms with Crippen molar-refractivity contribution in [2.75, 3.05) is 0 Å². The monoisotopic (exact) mass is 184 g/mol. The van der Waals surface area contributed by atoms with E-state index in [-0.39, 0.29) is 0 Å². The Hall–Kier alpha value is -1.72. The first-order valence-electron chi connectivity index (χ1n) is 3.62. The van der Waals surface area contributed by atoms with Gasteiger partial charge in [0, 0.05) is 16.8 Å². The van der Waals surface area contributed by atoms with Crippen LogP contribution in [0.4, 0.5) is 0 Å². The van der Waals surface area contributed by atoms with Gasteiger partial charge in [-0.05, 0) is 12.2 Å². The van der Waals surface area contributed by atoms with Gasteiger partial charge in [-0.25, -0.2) is 0 Å².